The molecule has 0 amide bonds. The molecule has 0 radical (unpaired) electrons. The van der Waals surface area contributed by atoms with Crippen molar-refractivity contribution in [3.05, 3.63) is 0 Å². The molecular formula is C6H15NO3P2. The van der Waals surface area contributed by atoms with E-state index in [-0.39, 0.29) is 0 Å². The normalized spacial score (nSPS) is 12.2. The maximum absolute atomic E-state index is 5.16. The summed E-state index contributed by atoms with van der Waals surface area (Å²) in [6, 6.07) is 0. The summed E-state index contributed by atoms with van der Waals surface area (Å²) in [5, 5.41) is 0. The first kappa shape index (κ1) is 12.4. The molecule has 0 rings (SSSR count). The number of hydrogen-bond donors (Lipinski definition) is 0. The highest BCUT2D eigenvalue weighted by atomic mass is 31.1. The smallest absolute Gasteiger partial charge is 0.175 e. The van der Waals surface area contributed by atoms with Gasteiger partial charge in [-0.3, -0.25) is 0 Å². The van der Waals surface area contributed by atoms with Gasteiger partial charge < -0.3 is 14.0 Å². The molecule has 0 aliphatic rings. The van der Waals surface area contributed by atoms with Crippen molar-refractivity contribution in [2.75, 3.05) is 40.2 Å². The minimum absolute atomic E-state index is 0.596. The molecule has 0 aromatic heterocycles. The quantitative estimate of drug-likeness (QED) is 0.455. The Labute approximate surface area is 76.8 Å². The SMILES string of the molecule is COCCOCCOP=NPC. The van der Waals surface area contributed by atoms with E-state index in [0.717, 1.165) is 0 Å². The summed E-state index contributed by atoms with van der Waals surface area (Å²) in [5.41, 5.74) is 0. The largest absolute Gasteiger partial charge is 0.382 e. The van der Waals surface area contributed by atoms with E-state index in [0.29, 0.717) is 43.8 Å². The molecule has 0 aromatic carbocycles. The molecule has 12 heavy (non-hydrogen) atoms. The average Bonchev–Trinajstić information content (AvgIpc) is 2.10. The lowest BCUT2D eigenvalue weighted by atomic mass is 10.7. The maximum Gasteiger partial charge on any atom is 0.175 e. The zero-order chi connectivity index (χ0) is 9.07. The van der Waals surface area contributed by atoms with E-state index in [2.05, 4.69) is 4.52 Å². The molecule has 0 aliphatic carbocycles. The highest BCUT2D eigenvalue weighted by Crippen LogP contribution is 2.14. The van der Waals surface area contributed by atoms with Crippen molar-refractivity contribution in [2.45, 2.75) is 0 Å². The van der Waals surface area contributed by atoms with Gasteiger partial charge in [-0.25, -0.2) is 4.52 Å². The van der Waals surface area contributed by atoms with Crippen LogP contribution in [0.25, 0.3) is 0 Å². The Morgan fingerprint density at radius 1 is 1.25 bits per heavy atom. The lowest BCUT2D eigenvalue weighted by Gasteiger charge is -2.00. The molecule has 0 N–H and O–H groups in total. The van der Waals surface area contributed by atoms with E-state index in [4.69, 9.17) is 14.0 Å². The van der Waals surface area contributed by atoms with Crippen LogP contribution in [0.5, 0.6) is 0 Å². The van der Waals surface area contributed by atoms with Crippen molar-refractivity contribution in [1.29, 1.82) is 0 Å². The molecule has 0 aliphatic heterocycles. The predicted octanol–water partition coefficient (Wildman–Crippen LogP) is 1.93. The van der Waals surface area contributed by atoms with Crippen LogP contribution in [-0.4, -0.2) is 40.2 Å². The van der Waals surface area contributed by atoms with Crippen molar-refractivity contribution in [1.82, 2.24) is 0 Å². The maximum atomic E-state index is 5.16. The third-order valence-electron chi connectivity index (χ3n) is 0.949. The van der Waals surface area contributed by atoms with Crippen molar-refractivity contribution in [3.63, 3.8) is 0 Å². The van der Waals surface area contributed by atoms with Crippen LogP contribution >= 0.6 is 17.3 Å². The standard InChI is InChI=1S/C6H15NO3P2/c1-8-3-4-9-5-6-10-12-7-11-2/h11H,3-6H2,1-2H3. The molecule has 72 valence electrons. The van der Waals surface area contributed by atoms with Gasteiger partial charge in [0.1, 0.15) is 0 Å². The molecule has 0 heterocycles. The Bertz CT molecular complexity index is 113. The molecule has 0 bridgehead atoms. The molecule has 0 saturated carbocycles. The second kappa shape index (κ2) is 11.4. The first-order valence-corrected chi connectivity index (χ1v) is 5.88. The molecule has 6 heteroatoms. The van der Waals surface area contributed by atoms with Crippen molar-refractivity contribution >= 4 is 17.3 Å². The van der Waals surface area contributed by atoms with E-state index in [1.165, 1.54) is 0 Å². The fraction of sp³-hybridized carbons (Fsp3) is 1.00. The number of nitrogens with zero attached hydrogens (tertiary/aromatic N) is 1. The highest BCUT2D eigenvalue weighted by molar-refractivity contribution is 7.42. The minimum atomic E-state index is 0.596. The average molecular weight is 211 g/mol. The van der Waals surface area contributed by atoms with Crippen LogP contribution in [0, 0.1) is 0 Å². The van der Waals surface area contributed by atoms with Crippen molar-refractivity contribution in [3.8, 4) is 0 Å². The Kier molecular flexibility index (Phi) is 11.8. The van der Waals surface area contributed by atoms with Crippen LogP contribution in [-0.2, 0) is 14.0 Å². The summed E-state index contributed by atoms with van der Waals surface area (Å²) >= 11 is 0. The van der Waals surface area contributed by atoms with Gasteiger partial charge in [-0.05, 0) is 6.66 Å². The molecule has 4 nitrogen and oxygen atoms in total. The zero-order valence-corrected chi connectivity index (χ0v) is 9.34. The first-order valence-electron chi connectivity index (χ1n) is 3.67. The Morgan fingerprint density at radius 3 is 2.67 bits per heavy atom. The lowest BCUT2D eigenvalue weighted by molar-refractivity contribution is 0.0572. The zero-order valence-electron chi connectivity index (χ0n) is 7.45. The fourth-order valence-corrected chi connectivity index (χ4v) is 1.16. The summed E-state index contributed by atoms with van der Waals surface area (Å²) in [6.45, 7) is 4.48. The number of rotatable bonds is 8. The van der Waals surface area contributed by atoms with Crippen molar-refractivity contribution in [2.24, 2.45) is 4.52 Å². The van der Waals surface area contributed by atoms with E-state index in [1.54, 1.807) is 7.11 Å². The van der Waals surface area contributed by atoms with Gasteiger partial charge in [-0.1, -0.05) is 0 Å². The van der Waals surface area contributed by atoms with E-state index in [1.807, 2.05) is 6.66 Å². The molecular weight excluding hydrogens is 196 g/mol. The van der Waals surface area contributed by atoms with Gasteiger partial charge in [0.05, 0.1) is 26.4 Å². The molecule has 0 saturated heterocycles. The van der Waals surface area contributed by atoms with Gasteiger partial charge in [0, 0.05) is 15.8 Å². The van der Waals surface area contributed by atoms with Crippen molar-refractivity contribution < 1.29 is 14.0 Å². The topological polar surface area (TPSA) is 40.0 Å². The molecule has 1 unspecified atom stereocenters. The summed E-state index contributed by atoms with van der Waals surface area (Å²) in [5.74, 6) is 0. The van der Waals surface area contributed by atoms with Gasteiger partial charge >= 0.3 is 0 Å². The van der Waals surface area contributed by atoms with Gasteiger partial charge in [-0.15, -0.1) is 0 Å². The Balaban J connectivity index is 2.86. The Hall–Kier alpha value is 0.410. The van der Waals surface area contributed by atoms with Crippen LogP contribution in [0.3, 0.4) is 0 Å². The molecule has 1 atom stereocenters. The van der Waals surface area contributed by atoms with E-state index < -0.39 is 0 Å². The summed E-state index contributed by atoms with van der Waals surface area (Å²) < 4.78 is 19.1. The van der Waals surface area contributed by atoms with Crippen LogP contribution in [0.1, 0.15) is 0 Å². The van der Waals surface area contributed by atoms with E-state index >= 15 is 0 Å². The third-order valence-corrected chi connectivity index (χ3v) is 2.37. The highest BCUT2D eigenvalue weighted by Gasteiger charge is 1.86. The Morgan fingerprint density at radius 2 is 2.00 bits per heavy atom. The number of hydrogen-bond acceptors (Lipinski definition) is 4. The number of methoxy groups -OCH3 is 1. The van der Waals surface area contributed by atoms with Crippen LogP contribution in [0.2, 0.25) is 0 Å². The van der Waals surface area contributed by atoms with Crippen LogP contribution in [0.4, 0.5) is 0 Å². The summed E-state index contributed by atoms with van der Waals surface area (Å²) in [4.78, 5) is 0. The predicted molar refractivity (Wildman–Crippen MR) is 52.2 cm³/mol. The summed E-state index contributed by atoms with van der Waals surface area (Å²) in [7, 11) is 2.96. The minimum Gasteiger partial charge on any atom is -0.382 e. The molecule has 0 aromatic rings. The van der Waals surface area contributed by atoms with E-state index in [9.17, 15) is 0 Å². The monoisotopic (exact) mass is 211 g/mol. The summed E-state index contributed by atoms with van der Waals surface area (Å²) in [6.07, 6.45) is 0. The first-order chi connectivity index (χ1) is 5.91. The number of ether oxygens (including phenoxy) is 2. The molecule has 0 fully saturated rings. The van der Waals surface area contributed by atoms with Crippen LogP contribution < -0.4 is 0 Å². The third kappa shape index (κ3) is 10.4. The van der Waals surface area contributed by atoms with Gasteiger partial charge in [0.15, 0.2) is 8.60 Å². The van der Waals surface area contributed by atoms with Crippen LogP contribution in [0.15, 0.2) is 4.52 Å². The van der Waals surface area contributed by atoms with Gasteiger partial charge in [0.2, 0.25) is 0 Å². The second-order valence-corrected chi connectivity index (χ2v) is 3.51. The van der Waals surface area contributed by atoms with Gasteiger partial charge in [0.25, 0.3) is 0 Å². The van der Waals surface area contributed by atoms with Gasteiger partial charge in [-0.2, -0.15) is 0 Å². The second-order valence-electron chi connectivity index (χ2n) is 1.84. The molecule has 0 spiro atoms. The fourth-order valence-electron chi connectivity index (χ4n) is 0.451. The lowest BCUT2D eigenvalue weighted by Crippen LogP contribution is -2.05.